The average molecular weight is 537 g/mol. The Hall–Kier alpha value is -3.13. The molecule has 6 rings (SSSR count). The molecule has 1 saturated heterocycles. The standard InChI is InChI=1S/C31H35F3N4O/c1-21(38-12-10-27-25(19-38)15-26(17-35-27)31(32,33)34)30(16-22-4-3-5-22)11-13-37(20-30)18-23-6-8-28-24(14-23)7-9-29(39)36(28)2/h6-9,14-15,17,22H,1,3-5,10-13,16,18-20H2,2H3. The molecular weight excluding hydrogens is 501 g/mol. The molecule has 0 radical (unpaired) electrons. The molecule has 0 bridgehead atoms. The maximum absolute atomic E-state index is 13.4. The van der Waals surface area contributed by atoms with E-state index in [9.17, 15) is 18.0 Å². The molecule has 1 atom stereocenters. The number of nitrogens with zero attached hydrogens (tertiary/aromatic N) is 4. The van der Waals surface area contributed by atoms with E-state index >= 15 is 0 Å². The van der Waals surface area contributed by atoms with Gasteiger partial charge < -0.3 is 9.47 Å². The lowest BCUT2D eigenvalue weighted by Crippen LogP contribution is -2.41. The molecular formula is C31H35F3N4O. The van der Waals surface area contributed by atoms with E-state index in [1.807, 2.05) is 12.1 Å². The number of alkyl halides is 3. The van der Waals surface area contributed by atoms with Crippen LogP contribution in [-0.4, -0.2) is 39.0 Å². The van der Waals surface area contributed by atoms with Gasteiger partial charge in [0.05, 0.1) is 11.1 Å². The molecule has 4 heterocycles. The summed E-state index contributed by atoms with van der Waals surface area (Å²) in [7, 11) is 1.80. The van der Waals surface area contributed by atoms with Gasteiger partial charge in [0.1, 0.15) is 0 Å². The van der Waals surface area contributed by atoms with Crippen molar-refractivity contribution in [2.45, 2.75) is 57.8 Å². The molecule has 1 aliphatic carbocycles. The fraction of sp³-hybridized carbons (Fsp3) is 0.484. The van der Waals surface area contributed by atoms with E-state index in [1.165, 1.54) is 30.9 Å². The van der Waals surface area contributed by atoms with Crippen LogP contribution in [-0.2, 0) is 32.7 Å². The second-order valence-corrected chi connectivity index (χ2v) is 11.8. The van der Waals surface area contributed by atoms with Gasteiger partial charge in [0.15, 0.2) is 0 Å². The fourth-order valence-electron chi connectivity index (χ4n) is 6.80. The smallest absolute Gasteiger partial charge is 0.370 e. The van der Waals surface area contributed by atoms with E-state index < -0.39 is 11.7 Å². The van der Waals surface area contributed by atoms with Crippen LogP contribution in [0.4, 0.5) is 13.2 Å². The zero-order chi connectivity index (χ0) is 27.4. The van der Waals surface area contributed by atoms with E-state index in [4.69, 9.17) is 0 Å². The zero-order valence-corrected chi connectivity index (χ0v) is 22.4. The Labute approximate surface area is 226 Å². The molecule has 2 aromatic heterocycles. The van der Waals surface area contributed by atoms with Crippen molar-refractivity contribution >= 4 is 10.9 Å². The van der Waals surface area contributed by atoms with Gasteiger partial charge in [-0.2, -0.15) is 13.2 Å². The Kier molecular flexibility index (Phi) is 6.57. The van der Waals surface area contributed by atoms with Gasteiger partial charge >= 0.3 is 6.18 Å². The number of likely N-dealkylation sites (tertiary alicyclic amines) is 1. The van der Waals surface area contributed by atoms with Gasteiger partial charge in [-0.3, -0.25) is 14.7 Å². The maximum atomic E-state index is 13.4. The van der Waals surface area contributed by atoms with Crippen LogP contribution in [0.1, 0.15) is 54.5 Å². The van der Waals surface area contributed by atoms with E-state index in [1.54, 1.807) is 17.7 Å². The summed E-state index contributed by atoms with van der Waals surface area (Å²) in [5.74, 6) is 0.694. The lowest BCUT2D eigenvalue weighted by Gasteiger charge is -2.44. The molecule has 2 fully saturated rings. The summed E-state index contributed by atoms with van der Waals surface area (Å²) in [4.78, 5) is 20.9. The highest BCUT2D eigenvalue weighted by Crippen LogP contribution is 2.49. The maximum Gasteiger partial charge on any atom is 0.417 e. The predicted octanol–water partition coefficient (Wildman–Crippen LogP) is 5.91. The van der Waals surface area contributed by atoms with Crippen molar-refractivity contribution in [3.05, 3.63) is 87.6 Å². The van der Waals surface area contributed by atoms with Gasteiger partial charge in [0.2, 0.25) is 0 Å². The molecule has 1 saturated carbocycles. The Morgan fingerprint density at radius 3 is 2.72 bits per heavy atom. The SMILES string of the molecule is C=C(N1CCc2ncc(C(F)(F)F)cc2C1)C1(CC2CCC2)CCN(Cc2ccc3c(ccc(=O)n3C)c2)C1. The fourth-order valence-corrected chi connectivity index (χ4v) is 6.80. The second kappa shape index (κ2) is 9.81. The van der Waals surface area contributed by atoms with E-state index in [0.717, 1.165) is 67.5 Å². The number of halogens is 3. The first-order chi connectivity index (χ1) is 18.6. The van der Waals surface area contributed by atoms with Crippen LogP contribution in [0.3, 0.4) is 0 Å². The van der Waals surface area contributed by atoms with Crippen LogP contribution >= 0.6 is 0 Å². The molecule has 39 heavy (non-hydrogen) atoms. The quantitative estimate of drug-likeness (QED) is 0.393. The Balaban J connectivity index is 1.22. The summed E-state index contributed by atoms with van der Waals surface area (Å²) in [5.41, 5.74) is 3.88. The van der Waals surface area contributed by atoms with Crippen LogP contribution in [0.2, 0.25) is 0 Å². The van der Waals surface area contributed by atoms with Crippen LogP contribution in [0.15, 0.2) is 59.7 Å². The second-order valence-electron chi connectivity index (χ2n) is 11.8. The van der Waals surface area contributed by atoms with Crippen molar-refractivity contribution in [2.75, 3.05) is 19.6 Å². The third kappa shape index (κ3) is 4.99. The monoisotopic (exact) mass is 536 g/mol. The van der Waals surface area contributed by atoms with Gasteiger partial charge in [0, 0.05) is 68.7 Å². The molecule has 8 heteroatoms. The lowest BCUT2D eigenvalue weighted by atomic mass is 9.69. The van der Waals surface area contributed by atoms with Crippen molar-refractivity contribution in [3.8, 4) is 0 Å². The molecule has 1 unspecified atom stereocenters. The summed E-state index contributed by atoms with van der Waals surface area (Å²) >= 11 is 0. The number of benzene rings is 1. The Morgan fingerprint density at radius 2 is 1.97 bits per heavy atom. The van der Waals surface area contributed by atoms with Gasteiger partial charge in [-0.1, -0.05) is 31.9 Å². The Morgan fingerprint density at radius 1 is 1.15 bits per heavy atom. The van der Waals surface area contributed by atoms with Crippen LogP contribution in [0.25, 0.3) is 10.9 Å². The molecule has 0 amide bonds. The Bertz CT molecular complexity index is 1470. The highest BCUT2D eigenvalue weighted by atomic mass is 19.4. The number of hydrogen-bond acceptors (Lipinski definition) is 4. The first-order valence-electron chi connectivity index (χ1n) is 13.9. The minimum Gasteiger partial charge on any atom is -0.370 e. The van der Waals surface area contributed by atoms with Crippen LogP contribution in [0, 0.1) is 11.3 Å². The summed E-state index contributed by atoms with van der Waals surface area (Å²) in [6, 6.07) is 11.1. The minimum absolute atomic E-state index is 0.0140. The molecule has 3 aromatic rings. The third-order valence-corrected chi connectivity index (χ3v) is 9.29. The van der Waals surface area contributed by atoms with Gasteiger partial charge in [-0.15, -0.1) is 0 Å². The number of aromatic nitrogens is 2. The molecule has 5 nitrogen and oxygen atoms in total. The summed E-state index contributed by atoms with van der Waals surface area (Å²) in [5, 5.41) is 1.05. The van der Waals surface area contributed by atoms with Gasteiger partial charge in [-0.05, 0) is 66.1 Å². The van der Waals surface area contributed by atoms with Crippen LogP contribution in [0.5, 0.6) is 0 Å². The lowest BCUT2D eigenvalue weighted by molar-refractivity contribution is -0.137. The predicted molar refractivity (Wildman–Crippen MR) is 146 cm³/mol. The first-order valence-corrected chi connectivity index (χ1v) is 13.9. The van der Waals surface area contributed by atoms with Gasteiger partial charge in [0.25, 0.3) is 5.56 Å². The molecule has 0 spiro atoms. The highest BCUT2D eigenvalue weighted by molar-refractivity contribution is 5.79. The van der Waals surface area contributed by atoms with E-state index in [-0.39, 0.29) is 11.0 Å². The van der Waals surface area contributed by atoms with E-state index in [0.29, 0.717) is 24.4 Å². The topological polar surface area (TPSA) is 41.4 Å². The molecule has 3 aliphatic rings. The normalized spacial score (nSPS) is 22.2. The van der Waals surface area contributed by atoms with Crippen molar-refractivity contribution in [3.63, 3.8) is 0 Å². The first kappa shape index (κ1) is 26.1. The number of hydrogen-bond donors (Lipinski definition) is 0. The number of aryl methyl sites for hydroxylation is 1. The summed E-state index contributed by atoms with van der Waals surface area (Å²) < 4.78 is 41.8. The largest absolute Gasteiger partial charge is 0.417 e. The van der Waals surface area contributed by atoms with Crippen molar-refractivity contribution in [2.24, 2.45) is 18.4 Å². The summed E-state index contributed by atoms with van der Waals surface area (Å²) in [6.45, 7) is 8.46. The van der Waals surface area contributed by atoms with Crippen LogP contribution < -0.4 is 5.56 Å². The van der Waals surface area contributed by atoms with Crippen molar-refractivity contribution in [1.29, 1.82) is 0 Å². The third-order valence-electron chi connectivity index (χ3n) is 9.29. The minimum atomic E-state index is -4.39. The van der Waals surface area contributed by atoms with Gasteiger partial charge in [-0.25, -0.2) is 0 Å². The average Bonchev–Trinajstić information content (AvgIpc) is 3.30. The number of pyridine rings is 2. The molecule has 1 aromatic carbocycles. The summed E-state index contributed by atoms with van der Waals surface area (Å²) in [6.07, 6.45) is 3.08. The van der Waals surface area contributed by atoms with Crippen molar-refractivity contribution in [1.82, 2.24) is 19.4 Å². The molecule has 206 valence electrons. The molecule has 2 aliphatic heterocycles. The zero-order valence-electron chi connectivity index (χ0n) is 22.4. The van der Waals surface area contributed by atoms with E-state index in [2.05, 4.69) is 33.5 Å². The number of rotatable bonds is 6. The van der Waals surface area contributed by atoms with Crippen molar-refractivity contribution < 1.29 is 13.2 Å². The highest BCUT2D eigenvalue weighted by Gasteiger charge is 2.45. The molecule has 0 N–H and O–H groups in total. The number of fused-ring (bicyclic) bond motifs is 2.